The van der Waals surface area contributed by atoms with Crippen molar-refractivity contribution in [1.29, 1.82) is 0 Å². The van der Waals surface area contributed by atoms with Gasteiger partial charge in [0.1, 0.15) is 4.90 Å². The molecule has 3 aromatic rings. The summed E-state index contributed by atoms with van der Waals surface area (Å²) in [7, 11) is -3.80. The van der Waals surface area contributed by atoms with Gasteiger partial charge in [0.15, 0.2) is 5.82 Å². The molecule has 0 bridgehead atoms. The second kappa shape index (κ2) is 8.78. The van der Waals surface area contributed by atoms with Crippen molar-refractivity contribution in [2.75, 3.05) is 18.4 Å². The lowest BCUT2D eigenvalue weighted by Crippen LogP contribution is -2.39. The fraction of sp³-hybridized carbons (Fsp3) is 0.286. The van der Waals surface area contributed by atoms with Crippen molar-refractivity contribution in [3.63, 3.8) is 0 Å². The molecule has 1 unspecified atom stereocenters. The van der Waals surface area contributed by atoms with Crippen LogP contribution >= 0.6 is 11.6 Å². The quantitative estimate of drug-likeness (QED) is 0.628. The molecule has 0 spiro atoms. The summed E-state index contributed by atoms with van der Waals surface area (Å²) >= 11 is 6.23. The van der Waals surface area contributed by atoms with Crippen LogP contribution in [0.3, 0.4) is 0 Å². The van der Waals surface area contributed by atoms with Crippen LogP contribution in [0.1, 0.15) is 30.1 Å². The number of aromatic nitrogens is 3. The number of nitrogens with zero attached hydrogens (tertiary/aromatic N) is 4. The molecule has 3 heterocycles. The van der Waals surface area contributed by atoms with Crippen molar-refractivity contribution in [2.45, 2.75) is 24.7 Å². The van der Waals surface area contributed by atoms with E-state index in [9.17, 15) is 13.2 Å². The first-order valence-electron chi connectivity index (χ1n) is 9.92. The van der Waals surface area contributed by atoms with Crippen molar-refractivity contribution in [3.05, 3.63) is 65.6 Å². The van der Waals surface area contributed by atoms with Crippen molar-refractivity contribution in [1.82, 2.24) is 19.1 Å². The second-order valence-electron chi connectivity index (χ2n) is 7.53. The predicted octanol–water partition coefficient (Wildman–Crippen LogP) is 3.59. The Kier molecular flexibility index (Phi) is 6.08. The number of carbonyl (C=O) groups is 1. The van der Waals surface area contributed by atoms with Gasteiger partial charge in [0.25, 0.3) is 5.91 Å². The van der Waals surface area contributed by atoms with E-state index in [0.717, 1.165) is 12.8 Å². The lowest BCUT2D eigenvalue weighted by atomic mass is 10.0. The number of amides is 1. The zero-order valence-corrected chi connectivity index (χ0v) is 18.5. The van der Waals surface area contributed by atoms with E-state index < -0.39 is 15.9 Å². The first-order valence-corrected chi connectivity index (χ1v) is 11.7. The molecule has 8 nitrogen and oxygen atoms in total. The topological polar surface area (TPSA) is 97.2 Å². The lowest BCUT2D eigenvalue weighted by molar-refractivity contribution is 0.102. The number of benzene rings is 1. The van der Waals surface area contributed by atoms with E-state index in [1.807, 2.05) is 6.92 Å². The third-order valence-electron chi connectivity index (χ3n) is 5.19. The van der Waals surface area contributed by atoms with E-state index in [4.69, 9.17) is 11.6 Å². The lowest BCUT2D eigenvalue weighted by Gasteiger charge is -2.30. The molecular formula is C21H22ClN5O3S. The summed E-state index contributed by atoms with van der Waals surface area (Å²) in [6, 6.07) is 9.41. The van der Waals surface area contributed by atoms with Crippen LogP contribution in [0.2, 0.25) is 5.02 Å². The maximum absolute atomic E-state index is 13.2. The Morgan fingerprint density at radius 1 is 1.23 bits per heavy atom. The largest absolute Gasteiger partial charge is 0.319 e. The minimum absolute atomic E-state index is 0.0607. The number of nitrogens with one attached hydrogen (secondary N) is 1. The van der Waals surface area contributed by atoms with Gasteiger partial charge in [-0.1, -0.05) is 18.5 Å². The van der Waals surface area contributed by atoms with Gasteiger partial charge in [-0.3, -0.25) is 4.79 Å². The zero-order valence-electron chi connectivity index (χ0n) is 16.9. The minimum Gasteiger partial charge on any atom is -0.319 e. The number of carbonyl (C=O) groups excluding carboxylic acids is 1. The molecule has 1 aromatic carbocycles. The van der Waals surface area contributed by atoms with Gasteiger partial charge in [-0.25, -0.2) is 18.1 Å². The fourth-order valence-corrected chi connectivity index (χ4v) is 5.71. The van der Waals surface area contributed by atoms with Gasteiger partial charge in [-0.15, -0.1) is 0 Å². The monoisotopic (exact) mass is 459 g/mol. The van der Waals surface area contributed by atoms with Crippen LogP contribution < -0.4 is 5.32 Å². The van der Waals surface area contributed by atoms with Crippen LogP contribution in [0, 0.1) is 5.92 Å². The van der Waals surface area contributed by atoms with Crippen molar-refractivity contribution in [3.8, 4) is 5.82 Å². The number of pyridine rings is 1. The molecule has 1 aliphatic heterocycles. The molecule has 1 fully saturated rings. The highest BCUT2D eigenvalue weighted by atomic mass is 35.5. The van der Waals surface area contributed by atoms with E-state index in [1.165, 1.54) is 27.2 Å². The molecule has 1 amide bonds. The van der Waals surface area contributed by atoms with Crippen molar-refractivity contribution < 1.29 is 13.2 Å². The molecule has 10 heteroatoms. The Morgan fingerprint density at radius 3 is 2.81 bits per heavy atom. The standard InChI is InChI=1S/C21H22ClN5O3S/c1-15-5-3-11-26(14-15)31(29,30)19-13-16(7-8-17(19)22)21(28)25-18-6-2-9-23-20(18)27-12-4-10-24-27/h2,4,6-10,12-13,15H,3,5,11,14H2,1H3,(H,25,28). The maximum Gasteiger partial charge on any atom is 0.255 e. The van der Waals surface area contributed by atoms with E-state index >= 15 is 0 Å². The summed E-state index contributed by atoms with van der Waals surface area (Å²) in [5.74, 6) is 0.256. The van der Waals surface area contributed by atoms with Crippen molar-refractivity contribution in [2.24, 2.45) is 5.92 Å². The van der Waals surface area contributed by atoms with E-state index in [-0.39, 0.29) is 21.4 Å². The Labute approximate surface area is 185 Å². The highest BCUT2D eigenvalue weighted by molar-refractivity contribution is 7.89. The molecule has 4 rings (SSSR count). The number of anilines is 1. The number of piperidine rings is 1. The number of rotatable bonds is 5. The highest BCUT2D eigenvalue weighted by Crippen LogP contribution is 2.29. The molecule has 1 atom stereocenters. The number of halogens is 1. The summed E-state index contributed by atoms with van der Waals surface area (Å²) < 4.78 is 29.3. The molecule has 31 heavy (non-hydrogen) atoms. The maximum atomic E-state index is 13.2. The predicted molar refractivity (Wildman–Crippen MR) is 118 cm³/mol. The van der Waals surface area contributed by atoms with E-state index in [2.05, 4.69) is 15.4 Å². The summed E-state index contributed by atoms with van der Waals surface area (Å²) in [5, 5.41) is 7.02. The molecule has 0 radical (unpaired) electrons. The zero-order chi connectivity index (χ0) is 22.0. The van der Waals surface area contributed by atoms with Crippen LogP contribution in [0.15, 0.2) is 59.9 Å². The van der Waals surface area contributed by atoms with Gasteiger partial charge in [0.05, 0.1) is 10.7 Å². The third kappa shape index (κ3) is 4.48. The summed E-state index contributed by atoms with van der Waals surface area (Å²) in [6.45, 7) is 2.92. The van der Waals surface area contributed by atoms with Gasteiger partial charge in [0.2, 0.25) is 10.0 Å². The van der Waals surface area contributed by atoms with Gasteiger partial charge < -0.3 is 5.32 Å². The van der Waals surface area contributed by atoms with Crippen LogP contribution in [0.5, 0.6) is 0 Å². The molecule has 162 valence electrons. The first-order chi connectivity index (χ1) is 14.9. The second-order valence-corrected chi connectivity index (χ2v) is 9.85. The smallest absolute Gasteiger partial charge is 0.255 e. The Hall–Kier alpha value is -2.75. The number of sulfonamides is 1. The normalized spacial score (nSPS) is 17.4. The highest BCUT2D eigenvalue weighted by Gasteiger charge is 2.31. The molecule has 0 aliphatic carbocycles. The average Bonchev–Trinajstić information content (AvgIpc) is 3.29. The molecular weight excluding hydrogens is 438 g/mol. The Morgan fingerprint density at radius 2 is 2.06 bits per heavy atom. The molecule has 1 aliphatic rings. The van der Waals surface area contributed by atoms with Crippen molar-refractivity contribution >= 4 is 33.2 Å². The number of hydrogen-bond acceptors (Lipinski definition) is 5. The van der Waals surface area contributed by atoms with Gasteiger partial charge in [-0.2, -0.15) is 9.40 Å². The Balaban J connectivity index is 1.63. The molecule has 2 aromatic heterocycles. The average molecular weight is 460 g/mol. The minimum atomic E-state index is -3.80. The van der Waals surface area contributed by atoms with Crippen LogP contribution in [0.25, 0.3) is 5.82 Å². The van der Waals surface area contributed by atoms with Crippen LogP contribution in [-0.4, -0.2) is 46.5 Å². The molecule has 1 N–H and O–H groups in total. The number of hydrogen-bond donors (Lipinski definition) is 1. The van der Waals surface area contributed by atoms with Gasteiger partial charge >= 0.3 is 0 Å². The first kappa shape index (κ1) is 21.5. The van der Waals surface area contributed by atoms with Crippen LogP contribution in [0.4, 0.5) is 5.69 Å². The van der Waals surface area contributed by atoms with E-state index in [1.54, 1.807) is 36.8 Å². The molecule has 0 saturated carbocycles. The third-order valence-corrected chi connectivity index (χ3v) is 7.53. The van der Waals surface area contributed by atoms with Crippen LogP contribution in [-0.2, 0) is 10.0 Å². The van der Waals surface area contributed by atoms with Gasteiger partial charge in [0, 0.05) is 37.2 Å². The fourth-order valence-electron chi connectivity index (χ4n) is 3.61. The summed E-state index contributed by atoms with van der Waals surface area (Å²) in [6.07, 6.45) is 6.71. The Bertz CT molecular complexity index is 1200. The SMILES string of the molecule is CC1CCCN(S(=O)(=O)c2cc(C(=O)Nc3cccnc3-n3cccn3)ccc2Cl)C1. The van der Waals surface area contributed by atoms with E-state index in [0.29, 0.717) is 24.6 Å². The molecule has 1 saturated heterocycles. The summed E-state index contributed by atoms with van der Waals surface area (Å²) in [5.41, 5.74) is 0.628. The van der Waals surface area contributed by atoms with Gasteiger partial charge in [-0.05, 0) is 55.2 Å². The summed E-state index contributed by atoms with van der Waals surface area (Å²) in [4.78, 5) is 17.1.